The molecule has 8 bridgehead atoms. The molecule has 28 heavy (non-hydrogen) atoms. The number of ether oxygens (including phenoxy) is 1. The van der Waals surface area contributed by atoms with Gasteiger partial charge in [-0.25, -0.2) is 4.79 Å². The monoisotopic (exact) mass is 382 g/mol. The van der Waals surface area contributed by atoms with Gasteiger partial charge in [-0.15, -0.1) is 0 Å². The Labute approximate surface area is 170 Å². The van der Waals surface area contributed by atoms with Crippen LogP contribution in [0.1, 0.15) is 84.5 Å². The van der Waals surface area contributed by atoms with Gasteiger partial charge < -0.3 is 4.74 Å². The fraction of sp³-hybridized carbons (Fsp3) is 0.885. The molecule has 0 N–H and O–H groups in total. The molecule has 8 rings (SSSR count). The van der Waals surface area contributed by atoms with Crippen LogP contribution in [-0.2, 0) is 9.53 Å². The molecule has 0 aromatic carbocycles. The maximum Gasteiger partial charge on any atom is 0.334 e. The zero-order valence-electron chi connectivity index (χ0n) is 17.9. The molecule has 8 aliphatic carbocycles. The molecule has 0 aliphatic heterocycles. The molecular formula is C26H38O2. The van der Waals surface area contributed by atoms with E-state index in [1.165, 1.54) is 57.8 Å². The lowest BCUT2D eigenvalue weighted by Gasteiger charge is -2.69. The lowest BCUT2D eigenvalue weighted by Crippen LogP contribution is -2.66. The van der Waals surface area contributed by atoms with Crippen LogP contribution in [0.25, 0.3) is 0 Å². The Morgan fingerprint density at radius 2 is 1.29 bits per heavy atom. The van der Waals surface area contributed by atoms with E-state index >= 15 is 0 Å². The van der Waals surface area contributed by atoms with Crippen molar-refractivity contribution in [3.05, 3.63) is 12.2 Å². The summed E-state index contributed by atoms with van der Waals surface area (Å²) in [5.74, 6) is 6.11. The van der Waals surface area contributed by atoms with E-state index in [0.29, 0.717) is 16.9 Å². The van der Waals surface area contributed by atoms with Gasteiger partial charge in [-0.2, -0.15) is 0 Å². The molecule has 0 aromatic heterocycles. The summed E-state index contributed by atoms with van der Waals surface area (Å²) in [6.07, 6.45) is 15.4. The molecule has 8 saturated carbocycles. The molecule has 0 spiro atoms. The van der Waals surface area contributed by atoms with Crippen molar-refractivity contribution in [2.75, 3.05) is 0 Å². The first kappa shape index (κ1) is 18.0. The van der Waals surface area contributed by atoms with E-state index in [9.17, 15) is 4.79 Å². The second-order valence-corrected chi connectivity index (χ2v) is 12.5. The maximum absolute atomic E-state index is 13.1. The number of esters is 1. The molecule has 0 heterocycles. The molecular weight excluding hydrogens is 344 g/mol. The summed E-state index contributed by atoms with van der Waals surface area (Å²) >= 11 is 0. The first-order chi connectivity index (χ1) is 13.4. The smallest absolute Gasteiger partial charge is 0.334 e. The first-order valence-electron chi connectivity index (χ1n) is 12.3. The summed E-state index contributed by atoms with van der Waals surface area (Å²) in [6, 6.07) is 0. The van der Waals surface area contributed by atoms with Crippen molar-refractivity contribution in [2.24, 2.45) is 52.8 Å². The van der Waals surface area contributed by atoms with E-state index < -0.39 is 0 Å². The molecule has 8 fully saturated rings. The van der Waals surface area contributed by atoms with Gasteiger partial charge in [0.1, 0.15) is 5.60 Å². The first-order valence-corrected chi connectivity index (χ1v) is 12.3. The van der Waals surface area contributed by atoms with Crippen LogP contribution in [0.5, 0.6) is 0 Å². The van der Waals surface area contributed by atoms with E-state index in [4.69, 9.17) is 4.74 Å². The van der Waals surface area contributed by atoms with Crippen molar-refractivity contribution in [3.63, 3.8) is 0 Å². The minimum absolute atomic E-state index is 0.0771. The van der Waals surface area contributed by atoms with Crippen molar-refractivity contribution < 1.29 is 9.53 Å². The molecule has 0 amide bonds. The van der Waals surface area contributed by atoms with Crippen molar-refractivity contribution in [1.82, 2.24) is 0 Å². The van der Waals surface area contributed by atoms with Crippen LogP contribution in [0.2, 0.25) is 0 Å². The lowest BCUT2D eigenvalue weighted by atomic mass is 9.37. The summed E-state index contributed by atoms with van der Waals surface area (Å²) in [5.41, 5.74) is 1.02. The Morgan fingerprint density at radius 3 is 1.75 bits per heavy atom. The minimum Gasteiger partial charge on any atom is -0.455 e. The molecule has 0 radical (unpaired) electrons. The zero-order chi connectivity index (χ0) is 19.3. The van der Waals surface area contributed by atoms with E-state index in [1.54, 1.807) is 0 Å². The van der Waals surface area contributed by atoms with Crippen LogP contribution < -0.4 is 0 Å². The van der Waals surface area contributed by atoms with E-state index in [2.05, 4.69) is 20.4 Å². The topological polar surface area (TPSA) is 26.3 Å². The van der Waals surface area contributed by atoms with Gasteiger partial charge in [-0.1, -0.05) is 20.4 Å². The highest BCUT2D eigenvalue weighted by Crippen LogP contribution is 2.72. The van der Waals surface area contributed by atoms with Crippen molar-refractivity contribution in [2.45, 2.75) is 90.1 Å². The van der Waals surface area contributed by atoms with Crippen molar-refractivity contribution in [3.8, 4) is 0 Å². The van der Waals surface area contributed by atoms with Crippen molar-refractivity contribution in [1.29, 1.82) is 0 Å². The summed E-state index contributed by atoms with van der Waals surface area (Å²) in [4.78, 5) is 13.1. The van der Waals surface area contributed by atoms with Crippen LogP contribution in [0.3, 0.4) is 0 Å². The Bertz CT molecular complexity index is 654. The minimum atomic E-state index is -0.157. The predicted octanol–water partition coefficient (Wildman–Crippen LogP) is 6.15. The number of carbonyl (C=O) groups excluding carboxylic acids is 1. The molecule has 0 aromatic rings. The van der Waals surface area contributed by atoms with Crippen molar-refractivity contribution >= 4 is 5.97 Å². The SMILES string of the molecule is C=C(C(=O)OC12CC3CC(CC(C3)C1C13CC4CC(CC(C4)C1)C3)C2)C(C)C. The van der Waals surface area contributed by atoms with Crippen LogP contribution in [0.15, 0.2) is 12.2 Å². The fourth-order valence-corrected chi connectivity index (χ4v) is 10.2. The summed E-state index contributed by atoms with van der Waals surface area (Å²) in [5, 5.41) is 0. The largest absolute Gasteiger partial charge is 0.455 e. The van der Waals surface area contributed by atoms with Crippen LogP contribution >= 0.6 is 0 Å². The Hall–Kier alpha value is -0.790. The van der Waals surface area contributed by atoms with Crippen LogP contribution in [0.4, 0.5) is 0 Å². The molecule has 0 saturated heterocycles. The lowest BCUT2D eigenvalue weighted by molar-refractivity contribution is -0.250. The third kappa shape index (κ3) is 2.48. The Kier molecular flexibility index (Phi) is 3.79. The van der Waals surface area contributed by atoms with Gasteiger partial charge in [0.05, 0.1) is 0 Å². The number of hydrogen-bond acceptors (Lipinski definition) is 2. The second kappa shape index (κ2) is 5.88. The standard InChI is InChI=1S/C26H38O2/c1-15(2)16(3)24(27)28-26-13-20-7-21(14-26)9-22(8-20)23(26)25-10-17-4-18(11-25)6-19(5-17)12-25/h15,17-23H,3-14H2,1-2H3. The number of carbonyl (C=O) groups is 1. The molecule has 2 nitrogen and oxygen atoms in total. The third-order valence-corrected chi connectivity index (χ3v) is 10.2. The summed E-state index contributed by atoms with van der Waals surface area (Å²) in [6.45, 7) is 8.23. The second-order valence-electron chi connectivity index (χ2n) is 12.5. The maximum atomic E-state index is 13.1. The third-order valence-electron chi connectivity index (χ3n) is 10.2. The van der Waals surface area contributed by atoms with Gasteiger partial charge in [0.25, 0.3) is 0 Å². The highest BCUT2D eigenvalue weighted by atomic mass is 16.6. The fourth-order valence-electron chi connectivity index (χ4n) is 10.2. The molecule has 154 valence electrons. The summed E-state index contributed by atoms with van der Waals surface area (Å²) < 4.78 is 6.64. The molecule has 8 aliphatic rings. The molecule has 2 heteroatoms. The average molecular weight is 383 g/mol. The predicted molar refractivity (Wildman–Crippen MR) is 110 cm³/mol. The van der Waals surface area contributed by atoms with Gasteiger partial charge >= 0.3 is 5.97 Å². The number of rotatable bonds is 4. The van der Waals surface area contributed by atoms with Gasteiger partial charge in [0.2, 0.25) is 0 Å². The van der Waals surface area contributed by atoms with E-state index in [-0.39, 0.29) is 17.5 Å². The number of hydrogen-bond donors (Lipinski definition) is 0. The van der Waals surface area contributed by atoms with Crippen LogP contribution in [-0.4, -0.2) is 11.6 Å². The van der Waals surface area contributed by atoms with Crippen LogP contribution in [0, 0.1) is 52.8 Å². The van der Waals surface area contributed by atoms with Gasteiger partial charge in [-0.3, -0.25) is 0 Å². The average Bonchev–Trinajstić information content (AvgIpc) is 2.58. The highest BCUT2D eigenvalue weighted by molar-refractivity contribution is 5.88. The molecule has 3 unspecified atom stereocenters. The molecule has 3 atom stereocenters. The van der Waals surface area contributed by atoms with E-state index in [0.717, 1.165) is 48.3 Å². The summed E-state index contributed by atoms with van der Waals surface area (Å²) in [7, 11) is 0. The highest BCUT2D eigenvalue weighted by Gasteiger charge is 2.67. The quantitative estimate of drug-likeness (QED) is 0.430. The van der Waals surface area contributed by atoms with E-state index in [1.807, 2.05) is 0 Å². The Morgan fingerprint density at radius 1 is 0.821 bits per heavy atom. The Balaban J connectivity index is 1.38. The van der Waals surface area contributed by atoms with Gasteiger partial charge in [0, 0.05) is 11.5 Å². The zero-order valence-corrected chi connectivity index (χ0v) is 17.9. The normalized spacial score (nSPS) is 53.0. The van der Waals surface area contributed by atoms with Gasteiger partial charge in [0.15, 0.2) is 0 Å². The van der Waals surface area contributed by atoms with Gasteiger partial charge in [-0.05, 0) is 117 Å².